The smallest absolute Gasteiger partial charge is 0.391 e. The van der Waals surface area contributed by atoms with Crippen LogP contribution >= 0.6 is 0 Å². The van der Waals surface area contributed by atoms with Crippen LogP contribution in [0.15, 0.2) is 12.3 Å². The van der Waals surface area contributed by atoms with E-state index in [4.69, 9.17) is 39.8 Å². The van der Waals surface area contributed by atoms with E-state index in [1.807, 2.05) is 33.3 Å². The molecule has 0 amide bonds. The average molecular weight is 955 g/mol. The van der Waals surface area contributed by atoms with Crippen molar-refractivity contribution in [3.05, 3.63) is 26.3 Å². The first-order valence-corrected chi connectivity index (χ1v) is 43.9. The number of rotatable bonds is 12. The van der Waals surface area contributed by atoms with Crippen LogP contribution in [0.25, 0.3) is 0 Å². The molecule has 0 spiro atoms. The third-order valence-electron chi connectivity index (χ3n) is 6.15. The predicted octanol–water partition coefficient (Wildman–Crippen LogP) is 12.3. The molecular weight excluding hydrogens is 852 g/mol. The van der Waals surface area contributed by atoms with E-state index in [9.17, 15) is 0 Å². The van der Waals surface area contributed by atoms with Gasteiger partial charge in [-0.15, -0.1) is 12.3 Å². The van der Waals surface area contributed by atoms with E-state index in [1.165, 1.54) is 12.5 Å². The van der Waals surface area contributed by atoms with Crippen LogP contribution in [-0.2, 0) is 58.4 Å². The first-order valence-electron chi connectivity index (χ1n) is 18.5. The van der Waals surface area contributed by atoms with Crippen molar-refractivity contribution in [2.75, 3.05) is 56.9 Å². The maximum absolute atomic E-state index is 5.32. The van der Waals surface area contributed by atoms with Gasteiger partial charge in [0.05, 0.1) is 8.07 Å². The van der Waals surface area contributed by atoms with Gasteiger partial charge in [0.25, 0.3) is 0 Å². The zero-order chi connectivity index (χ0) is 45.6. The maximum atomic E-state index is 5.32. The molecule has 0 N–H and O–H groups in total. The molecular formula is C36H102O9Si8V. The van der Waals surface area contributed by atoms with Crippen LogP contribution < -0.4 is 0 Å². The Balaban J connectivity index is -0.0000000509. The van der Waals surface area contributed by atoms with E-state index in [2.05, 4.69) is 138 Å². The summed E-state index contributed by atoms with van der Waals surface area (Å²) in [5.41, 5.74) is 2.08. The molecule has 337 valence electrons. The molecule has 0 aromatic carbocycles. The quantitative estimate of drug-likeness (QED) is 0.140. The fourth-order valence-electron chi connectivity index (χ4n) is 0.846. The Morgan fingerprint density at radius 3 is 0.741 bits per heavy atom. The molecule has 0 aromatic heterocycles. The summed E-state index contributed by atoms with van der Waals surface area (Å²) in [5, 5.41) is 0. The Morgan fingerprint density at radius 2 is 0.722 bits per heavy atom. The van der Waals surface area contributed by atoms with Gasteiger partial charge in [0, 0.05) is 75.4 Å². The molecule has 9 nitrogen and oxygen atoms in total. The van der Waals surface area contributed by atoms with Crippen molar-refractivity contribution in [3.8, 4) is 0 Å². The molecule has 0 heterocycles. The van der Waals surface area contributed by atoms with Crippen LogP contribution in [0, 0.1) is 14.0 Å². The van der Waals surface area contributed by atoms with E-state index in [1.54, 1.807) is 56.7 Å². The zero-order valence-corrected chi connectivity index (χ0v) is 51.9. The van der Waals surface area contributed by atoms with E-state index in [0.717, 1.165) is 0 Å². The first-order chi connectivity index (χ1) is 23.4. The minimum atomic E-state index is -1.76. The normalized spacial score (nSPS) is 11.1. The van der Waals surface area contributed by atoms with Gasteiger partial charge >= 0.3 is 17.1 Å². The van der Waals surface area contributed by atoms with Gasteiger partial charge in [-0.05, 0) is 117 Å². The van der Waals surface area contributed by atoms with Crippen LogP contribution in [-0.4, -0.2) is 124 Å². The topological polar surface area (TPSA) is 83.1 Å². The van der Waals surface area contributed by atoms with Gasteiger partial charge in [0.1, 0.15) is 0 Å². The third kappa shape index (κ3) is 124. The molecule has 18 heteroatoms. The van der Waals surface area contributed by atoms with Crippen LogP contribution in [0.5, 0.6) is 0 Å². The third-order valence-corrected chi connectivity index (χ3v) is 18.4. The summed E-state index contributed by atoms with van der Waals surface area (Å²) in [6.45, 7) is 53.7. The summed E-state index contributed by atoms with van der Waals surface area (Å²) in [6, 6.07) is 1.28. The van der Waals surface area contributed by atoms with Crippen molar-refractivity contribution < 1.29 is 58.4 Å². The van der Waals surface area contributed by atoms with Crippen LogP contribution in [0.3, 0.4) is 0 Å². The van der Waals surface area contributed by atoms with Gasteiger partial charge in [-0.1, -0.05) is 33.0 Å². The van der Waals surface area contributed by atoms with E-state index < -0.39 is 67.5 Å². The van der Waals surface area contributed by atoms with Gasteiger partial charge in [0.15, 0.2) is 42.3 Å². The van der Waals surface area contributed by atoms with Gasteiger partial charge in [-0.2, -0.15) is 6.92 Å². The second kappa shape index (κ2) is 45.7. The summed E-state index contributed by atoms with van der Waals surface area (Å²) in [4.78, 5) is 0. The van der Waals surface area contributed by atoms with E-state index in [0.29, 0.717) is 0 Å². The molecule has 0 rings (SSSR count). The molecule has 0 fully saturated rings. The van der Waals surface area contributed by atoms with Crippen molar-refractivity contribution in [2.24, 2.45) is 0 Å². The summed E-state index contributed by atoms with van der Waals surface area (Å²) in [7, 11) is 7.64. The summed E-state index contributed by atoms with van der Waals surface area (Å²) in [5.74, 6) is 0. The molecule has 54 heavy (non-hydrogen) atoms. The average Bonchev–Trinajstić information content (AvgIpc) is 3.06. The fourth-order valence-corrected chi connectivity index (χ4v) is 2.54. The fraction of sp³-hybridized carbons (Fsp3) is 0.889. The number of hydrogen-bond acceptors (Lipinski definition) is 9. The summed E-state index contributed by atoms with van der Waals surface area (Å²) in [6.07, 6.45) is 1.26. The van der Waals surface area contributed by atoms with E-state index >= 15 is 0 Å². The second-order valence-electron chi connectivity index (χ2n) is 17.1. The minimum Gasteiger partial charge on any atom is -0.424 e. The molecule has 0 saturated carbocycles. The standard InChI is InChI=1S/C6H16OSi.C5H12Si.C4H12O2Si.C4H11O2Si.3C4H12OSi.C3H10OSi.C2H5.V/c1-5-6-8(3,4)7-2;1-5-6(2,3)4;2*1-5-7(3,4)6-2;3*1-5-6(2,3)4;1-4-5(2)3;1-2;/h5-6H2,1-4H3;5H,1H2,2-4H3;1-4H3;1H2,2-4H3;3*1-4H3;5H,1-3H3;1H2,2H3;/q;;;+1;;;;;-1;. The Labute approximate surface area is 364 Å². The summed E-state index contributed by atoms with van der Waals surface area (Å²) >= 11 is 0. The Kier molecular flexibility index (Phi) is 67.4. The largest absolute Gasteiger partial charge is 0.424 e. The van der Waals surface area contributed by atoms with Crippen LogP contribution in [0.4, 0.5) is 0 Å². The van der Waals surface area contributed by atoms with Crippen LogP contribution in [0.2, 0.25) is 137 Å². The van der Waals surface area contributed by atoms with Crippen molar-refractivity contribution in [2.45, 2.75) is 157 Å². The van der Waals surface area contributed by atoms with E-state index in [-0.39, 0.29) is 18.6 Å². The molecule has 0 aliphatic carbocycles. The molecule has 0 atom stereocenters. The van der Waals surface area contributed by atoms with Crippen LogP contribution in [0.1, 0.15) is 20.3 Å². The monoisotopic (exact) mass is 954 g/mol. The van der Waals surface area contributed by atoms with Crippen molar-refractivity contribution >= 4 is 67.5 Å². The Hall–Kier alpha value is 1.57. The molecule has 0 aliphatic heterocycles. The van der Waals surface area contributed by atoms with Crippen molar-refractivity contribution in [1.82, 2.24) is 0 Å². The number of hydrogen-bond donors (Lipinski definition) is 0. The minimum absolute atomic E-state index is 0. The van der Waals surface area contributed by atoms with Gasteiger partial charge < -0.3 is 42.3 Å². The molecule has 0 saturated heterocycles. The molecule has 0 bridgehead atoms. The maximum Gasteiger partial charge on any atom is 0.391 e. The Morgan fingerprint density at radius 1 is 0.519 bits per heavy atom. The molecule has 0 aromatic rings. The SMILES string of the molecule is C=C[Si](C)(C)C.CCC[Si](C)(C)OC.CO[SiH](C)C.CO[Si](C)(C)C.CO[Si](C)(C)C.CO[Si](C)(C)C.CO[Si](C)(C)OC.[CH2+]O[Si](C)(C)OC.[CH2-]C.[V]. The van der Waals surface area contributed by atoms with Crippen molar-refractivity contribution in [3.63, 3.8) is 0 Å². The molecule has 0 aliphatic rings. The van der Waals surface area contributed by atoms with Gasteiger partial charge in [0.2, 0.25) is 7.11 Å². The second-order valence-corrected chi connectivity index (χ2v) is 50.2. The summed E-state index contributed by atoms with van der Waals surface area (Å²) < 4.78 is 45.1. The van der Waals surface area contributed by atoms with Gasteiger partial charge in [-0.3, -0.25) is 0 Å². The predicted molar refractivity (Wildman–Crippen MR) is 264 cm³/mol. The van der Waals surface area contributed by atoms with Crippen molar-refractivity contribution in [1.29, 1.82) is 0 Å². The van der Waals surface area contributed by atoms with Gasteiger partial charge in [-0.25, -0.2) is 4.43 Å². The molecule has 0 unspecified atom stereocenters. The Bertz CT molecular complexity index is 651. The first kappa shape index (κ1) is 79.7. The zero-order valence-electron chi connectivity index (χ0n) is 42.3. The molecule has 1 radical (unpaired) electrons.